The summed E-state index contributed by atoms with van der Waals surface area (Å²) in [5.74, 6) is -2.13. The van der Waals surface area contributed by atoms with Crippen molar-refractivity contribution < 1.29 is 31.6 Å². The molecule has 4 rings (SSSR count). The van der Waals surface area contributed by atoms with Crippen LogP contribution in [0.1, 0.15) is 22.7 Å². The van der Waals surface area contributed by atoms with E-state index in [1.807, 2.05) is 0 Å². The van der Waals surface area contributed by atoms with E-state index < -0.39 is 17.9 Å². The van der Waals surface area contributed by atoms with Gasteiger partial charge in [0.1, 0.15) is 23.4 Å². The fraction of sp³-hybridized carbons (Fsp3) is 0.263. The van der Waals surface area contributed by atoms with E-state index in [1.165, 1.54) is 36.5 Å². The van der Waals surface area contributed by atoms with Gasteiger partial charge in [-0.2, -0.15) is 18.2 Å². The SMILES string of the molecule is O=C(c1cccc(F)c1)N1CC[C@@H](Oc2ccc(-c3noc(C(F)(F)F)n3)nc2)C1. The van der Waals surface area contributed by atoms with Crippen molar-refractivity contribution in [2.24, 2.45) is 0 Å². The van der Waals surface area contributed by atoms with Gasteiger partial charge in [-0.3, -0.25) is 4.79 Å². The van der Waals surface area contributed by atoms with Gasteiger partial charge in [0.25, 0.3) is 5.91 Å². The van der Waals surface area contributed by atoms with Crippen molar-refractivity contribution in [3.63, 3.8) is 0 Å². The summed E-state index contributed by atoms with van der Waals surface area (Å²) in [4.78, 5) is 21.3. The lowest BCUT2D eigenvalue weighted by molar-refractivity contribution is -0.159. The van der Waals surface area contributed by atoms with Crippen molar-refractivity contribution in [2.45, 2.75) is 18.7 Å². The number of nitrogens with zero attached hydrogens (tertiary/aromatic N) is 4. The molecule has 3 aromatic rings. The second-order valence-corrected chi connectivity index (χ2v) is 6.59. The smallest absolute Gasteiger partial charge is 0.471 e. The number of halogens is 4. The number of pyridine rings is 1. The number of hydrogen-bond donors (Lipinski definition) is 0. The molecule has 0 N–H and O–H groups in total. The number of benzene rings is 1. The summed E-state index contributed by atoms with van der Waals surface area (Å²) in [7, 11) is 0. The molecule has 1 saturated heterocycles. The van der Waals surface area contributed by atoms with E-state index in [1.54, 1.807) is 11.0 Å². The third-order valence-electron chi connectivity index (χ3n) is 4.44. The lowest BCUT2D eigenvalue weighted by Gasteiger charge is -2.17. The van der Waals surface area contributed by atoms with E-state index >= 15 is 0 Å². The predicted molar refractivity (Wildman–Crippen MR) is 93.9 cm³/mol. The van der Waals surface area contributed by atoms with Crippen LogP contribution in [0.3, 0.4) is 0 Å². The molecule has 0 unspecified atom stereocenters. The van der Waals surface area contributed by atoms with Crippen molar-refractivity contribution in [1.82, 2.24) is 20.0 Å². The molecular formula is C19H14F4N4O3. The van der Waals surface area contributed by atoms with Crippen LogP contribution >= 0.6 is 0 Å². The molecule has 0 aliphatic carbocycles. The van der Waals surface area contributed by atoms with Gasteiger partial charge in [-0.05, 0) is 30.3 Å². The van der Waals surface area contributed by atoms with Gasteiger partial charge >= 0.3 is 12.1 Å². The first kappa shape index (κ1) is 19.8. The summed E-state index contributed by atoms with van der Waals surface area (Å²) in [6.45, 7) is 0.769. The number of carbonyl (C=O) groups is 1. The molecule has 156 valence electrons. The van der Waals surface area contributed by atoms with E-state index in [4.69, 9.17) is 4.74 Å². The zero-order valence-electron chi connectivity index (χ0n) is 15.3. The van der Waals surface area contributed by atoms with Crippen LogP contribution in [0.25, 0.3) is 11.5 Å². The zero-order valence-corrected chi connectivity index (χ0v) is 15.3. The number of alkyl halides is 3. The van der Waals surface area contributed by atoms with Crippen LogP contribution in [-0.2, 0) is 6.18 Å². The number of amides is 1. The lowest BCUT2D eigenvalue weighted by Crippen LogP contribution is -2.31. The number of hydrogen-bond acceptors (Lipinski definition) is 6. The van der Waals surface area contributed by atoms with Crippen LogP contribution in [0.4, 0.5) is 17.6 Å². The van der Waals surface area contributed by atoms with E-state index in [0.717, 1.165) is 0 Å². The standard InChI is InChI=1S/C19H14F4N4O3/c20-12-3-1-2-11(8-12)17(28)27-7-6-14(10-27)29-13-4-5-15(24-9-13)16-25-18(30-26-16)19(21,22)23/h1-5,8-9,14H,6-7,10H2/t14-/m1/s1. The molecule has 1 aliphatic heterocycles. The molecule has 0 bridgehead atoms. The molecule has 1 aromatic carbocycles. The van der Waals surface area contributed by atoms with Crippen LogP contribution in [0.5, 0.6) is 5.75 Å². The highest BCUT2D eigenvalue weighted by Crippen LogP contribution is 2.29. The third-order valence-corrected chi connectivity index (χ3v) is 4.44. The minimum Gasteiger partial charge on any atom is -0.487 e. The Morgan fingerprint density at radius 3 is 2.73 bits per heavy atom. The van der Waals surface area contributed by atoms with Crippen LogP contribution in [-0.4, -0.2) is 45.1 Å². The summed E-state index contributed by atoms with van der Waals surface area (Å²) < 4.78 is 60.9. The lowest BCUT2D eigenvalue weighted by atomic mass is 10.2. The maximum atomic E-state index is 13.3. The summed E-state index contributed by atoms with van der Waals surface area (Å²) in [5, 5.41) is 3.27. The van der Waals surface area contributed by atoms with Gasteiger partial charge in [0.15, 0.2) is 0 Å². The Labute approximate surface area is 167 Å². The molecule has 1 aliphatic rings. The summed E-state index contributed by atoms with van der Waals surface area (Å²) >= 11 is 0. The molecule has 3 heterocycles. The van der Waals surface area contributed by atoms with Gasteiger partial charge < -0.3 is 14.2 Å². The molecule has 0 spiro atoms. The Morgan fingerprint density at radius 2 is 2.07 bits per heavy atom. The molecular weight excluding hydrogens is 408 g/mol. The Hall–Kier alpha value is -3.50. The average molecular weight is 422 g/mol. The number of rotatable bonds is 4. The summed E-state index contributed by atoms with van der Waals surface area (Å²) in [6.07, 6.45) is -3.12. The van der Waals surface area contributed by atoms with E-state index in [2.05, 4.69) is 19.6 Å². The Morgan fingerprint density at radius 1 is 1.23 bits per heavy atom. The second kappa shape index (κ2) is 7.73. The summed E-state index contributed by atoms with van der Waals surface area (Å²) in [5.41, 5.74) is 0.357. The third kappa shape index (κ3) is 4.24. The fourth-order valence-electron chi connectivity index (χ4n) is 3.03. The van der Waals surface area contributed by atoms with Crippen LogP contribution < -0.4 is 4.74 Å². The fourth-order valence-corrected chi connectivity index (χ4v) is 3.03. The second-order valence-electron chi connectivity index (χ2n) is 6.59. The van der Waals surface area contributed by atoms with Crippen LogP contribution in [0.2, 0.25) is 0 Å². The molecule has 11 heteroatoms. The first-order chi connectivity index (χ1) is 14.3. The van der Waals surface area contributed by atoms with Gasteiger partial charge in [-0.15, -0.1) is 0 Å². The van der Waals surface area contributed by atoms with Gasteiger partial charge in [-0.25, -0.2) is 9.37 Å². The van der Waals surface area contributed by atoms with E-state index in [-0.39, 0.29) is 29.1 Å². The van der Waals surface area contributed by atoms with Crippen molar-refractivity contribution in [3.8, 4) is 17.3 Å². The maximum Gasteiger partial charge on any atom is 0.471 e. The Kier molecular flexibility index (Phi) is 5.10. The first-order valence-electron chi connectivity index (χ1n) is 8.88. The van der Waals surface area contributed by atoms with Gasteiger partial charge in [0, 0.05) is 18.5 Å². The highest BCUT2D eigenvalue weighted by atomic mass is 19.4. The maximum absolute atomic E-state index is 13.3. The first-order valence-corrected chi connectivity index (χ1v) is 8.88. The van der Waals surface area contributed by atoms with E-state index in [9.17, 15) is 22.4 Å². The van der Waals surface area contributed by atoms with E-state index in [0.29, 0.717) is 25.3 Å². The minimum absolute atomic E-state index is 0.0935. The topological polar surface area (TPSA) is 81.4 Å². The predicted octanol–water partition coefficient (Wildman–Crippen LogP) is 3.58. The number of aromatic nitrogens is 3. The van der Waals surface area contributed by atoms with Crippen LogP contribution in [0.15, 0.2) is 47.1 Å². The van der Waals surface area contributed by atoms with Crippen LogP contribution in [0, 0.1) is 5.82 Å². The molecule has 7 nitrogen and oxygen atoms in total. The van der Waals surface area contributed by atoms with Crippen molar-refractivity contribution in [3.05, 3.63) is 59.9 Å². The Balaban J connectivity index is 1.37. The zero-order chi connectivity index (χ0) is 21.3. The summed E-state index contributed by atoms with van der Waals surface area (Å²) in [6, 6.07) is 8.39. The van der Waals surface area contributed by atoms with Gasteiger partial charge in [-0.1, -0.05) is 11.2 Å². The van der Waals surface area contributed by atoms with Crippen molar-refractivity contribution in [1.29, 1.82) is 0 Å². The number of ether oxygens (including phenoxy) is 1. The number of carbonyl (C=O) groups excluding carboxylic acids is 1. The van der Waals surface area contributed by atoms with Crippen molar-refractivity contribution in [2.75, 3.05) is 13.1 Å². The van der Waals surface area contributed by atoms with Crippen molar-refractivity contribution >= 4 is 5.91 Å². The highest BCUT2D eigenvalue weighted by Gasteiger charge is 2.38. The average Bonchev–Trinajstić information content (AvgIpc) is 3.38. The molecule has 0 saturated carbocycles. The number of likely N-dealkylation sites (tertiary alicyclic amines) is 1. The quantitative estimate of drug-likeness (QED) is 0.598. The normalized spacial score (nSPS) is 16.7. The largest absolute Gasteiger partial charge is 0.487 e. The molecule has 30 heavy (non-hydrogen) atoms. The molecule has 1 fully saturated rings. The minimum atomic E-state index is -4.73. The molecule has 2 aromatic heterocycles. The molecule has 1 amide bonds. The van der Waals surface area contributed by atoms with Gasteiger partial charge in [0.05, 0.1) is 12.7 Å². The van der Waals surface area contributed by atoms with Gasteiger partial charge in [0.2, 0.25) is 5.82 Å². The Bertz CT molecular complexity index is 1050. The molecule has 0 radical (unpaired) electrons. The monoisotopic (exact) mass is 422 g/mol. The highest BCUT2D eigenvalue weighted by molar-refractivity contribution is 5.94. The molecule has 1 atom stereocenters.